The Bertz CT molecular complexity index is 657. The minimum absolute atomic E-state index is 0.0956. The first-order valence-corrected chi connectivity index (χ1v) is 12.9. The predicted molar refractivity (Wildman–Crippen MR) is 120 cm³/mol. The van der Waals surface area contributed by atoms with E-state index in [-0.39, 0.29) is 10.8 Å². The van der Waals surface area contributed by atoms with Gasteiger partial charge in [0, 0.05) is 13.0 Å². The Morgan fingerprint density at radius 1 is 0.828 bits per heavy atom. The number of carbonyl (C=O) groups is 1. The maximum Gasteiger partial charge on any atom is 0.238 e. The van der Waals surface area contributed by atoms with Crippen LogP contribution < -0.4 is 10.5 Å². The minimum atomic E-state index is -3.65. The normalized spacial score (nSPS) is 11.5. The third-order valence-electron chi connectivity index (χ3n) is 5.25. The van der Waals surface area contributed by atoms with E-state index in [0.717, 1.165) is 18.4 Å². The van der Waals surface area contributed by atoms with E-state index in [1.54, 1.807) is 12.1 Å². The number of sulfonamides is 1. The number of unbranched alkanes of at least 4 members (excludes halogenated alkanes) is 11. The Hall–Kier alpha value is -1.40. The number of carbonyl (C=O) groups excluding carboxylic acids is 1. The summed E-state index contributed by atoms with van der Waals surface area (Å²) < 4.78 is 22.5. The molecule has 1 amide bonds. The molecule has 0 fully saturated rings. The van der Waals surface area contributed by atoms with Gasteiger partial charge < -0.3 is 5.32 Å². The maximum atomic E-state index is 11.9. The molecule has 0 saturated carbocycles. The fraction of sp³-hybridized carbons (Fsp3) is 0.696. The molecular formula is C23H40N2O3S. The number of nitrogens with one attached hydrogen (secondary N) is 1. The van der Waals surface area contributed by atoms with Gasteiger partial charge in [-0.05, 0) is 30.5 Å². The first-order chi connectivity index (χ1) is 13.9. The van der Waals surface area contributed by atoms with Crippen molar-refractivity contribution in [3.05, 3.63) is 29.8 Å². The van der Waals surface area contributed by atoms with Crippen molar-refractivity contribution in [1.82, 2.24) is 5.32 Å². The van der Waals surface area contributed by atoms with E-state index >= 15 is 0 Å². The summed E-state index contributed by atoms with van der Waals surface area (Å²) in [6, 6.07) is 6.46. The third-order valence-corrected chi connectivity index (χ3v) is 6.17. The molecule has 0 heterocycles. The molecule has 1 aromatic carbocycles. The van der Waals surface area contributed by atoms with Crippen LogP contribution in [0.25, 0.3) is 0 Å². The molecule has 0 aliphatic carbocycles. The van der Waals surface area contributed by atoms with Crippen LogP contribution in [0, 0.1) is 0 Å². The van der Waals surface area contributed by atoms with Crippen LogP contribution in [0.1, 0.15) is 96.0 Å². The highest BCUT2D eigenvalue weighted by Gasteiger charge is 2.07. The van der Waals surface area contributed by atoms with Gasteiger partial charge in [-0.3, -0.25) is 4.79 Å². The van der Waals surface area contributed by atoms with Crippen LogP contribution in [0.4, 0.5) is 0 Å². The molecule has 166 valence electrons. The van der Waals surface area contributed by atoms with E-state index in [2.05, 4.69) is 12.2 Å². The van der Waals surface area contributed by atoms with Crippen LogP contribution in [0.15, 0.2) is 29.2 Å². The molecule has 0 saturated heterocycles. The average molecular weight is 425 g/mol. The van der Waals surface area contributed by atoms with Gasteiger partial charge in [-0.25, -0.2) is 13.6 Å². The van der Waals surface area contributed by atoms with Gasteiger partial charge in [0.15, 0.2) is 0 Å². The van der Waals surface area contributed by atoms with Gasteiger partial charge in [-0.15, -0.1) is 0 Å². The molecule has 0 atom stereocenters. The highest BCUT2D eigenvalue weighted by Crippen LogP contribution is 2.12. The number of primary sulfonamides is 1. The summed E-state index contributed by atoms with van der Waals surface area (Å²) in [5, 5.41) is 8.01. The lowest BCUT2D eigenvalue weighted by Gasteiger charge is -2.06. The van der Waals surface area contributed by atoms with Crippen molar-refractivity contribution < 1.29 is 13.2 Å². The number of benzene rings is 1. The molecule has 1 aromatic rings. The molecule has 0 aliphatic heterocycles. The van der Waals surface area contributed by atoms with Crippen molar-refractivity contribution in [2.24, 2.45) is 5.14 Å². The van der Waals surface area contributed by atoms with E-state index in [0.29, 0.717) is 19.4 Å². The summed E-state index contributed by atoms with van der Waals surface area (Å²) >= 11 is 0. The molecule has 0 spiro atoms. The second-order valence-corrected chi connectivity index (χ2v) is 9.49. The SMILES string of the molecule is CCCCCCCCCCCCCCC(=O)NCCc1ccc(S(N)(=O)=O)cc1. The van der Waals surface area contributed by atoms with Crippen LogP contribution in [0.3, 0.4) is 0 Å². The quantitative estimate of drug-likeness (QED) is 0.342. The van der Waals surface area contributed by atoms with Crippen molar-refractivity contribution in [3.8, 4) is 0 Å². The summed E-state index contributed by atoms with van der Waals surface area (Å²) in [6.07, 6.45) is 16.7. The largest absolute Gasteiger partial charge is 0.356 e. The zero-order chi connectivity index (χ0) is 21.4. The van der Waals surface area contributed by atoms with Gasteiger partial charge >= 0.3 is 0 Å². The van der Waals surface area contributed by atoms with Crippen molar-refractivity contribution in [1.29, 1.82) is 0 Å². The zero-order valence-corrected chi connectivity index (χ0v) is 18.9. The molecule has 6 heteroatoms. The van der Waals surface area contributed by atoms with Gasteiger partial charge in [0.05, 0.1) is 4.90 Å². The molecule has 0 bridgehead atoms. The van der Waals surface area contributed by atoms with Crippen LogP contribution in [0.2, 0.25) is 0 Å². The number of hydrogen-bond acceptors (Lipinski definition) is 3. The Labute approximate surface area is 177 Å². The van der Waals surface area contributed by atoms with Crippen molar-refractivity contribution in [2.75, 3.05) is 6.54 Å². The smallest absolute Gasteiger partial charge is 0.238 e. The van der Waals surface area contributed by atoms with Crippen molar-refractivity contribution >= 4 is 15.9 Å². The number of hydrogen-bond donors (Lipinski definition) is 2. The van der Waals surface area contributed by atoms with Crippen molar-refractivity contribution in [2.45, 2.75) is 102 Å². The van der Waals surface area contributed by atoms with Crippen LogP contribution in [-0.4, -0.2) is 20.9 Å². The van der Waals surface area contributed by atoms with E-state index in [4.69, 9.17) is 5.14 Å². The van der Waals surface area contributed by atoms with E-state index in [1.165, 1.54) is 76.3 Å². The van der Waals surface area contributed by atoms with Gasteiger partial charge in [-0.2, -0.15) is 0 Å². The summed E-state index contributed by atoms with van der Waals surface area (Å²) in [6.45, 7) is 2.82. The molecule has 0 radical (unpaired) electrons. The molecule has 0 aliphatic rings. The standard InChI is InChI=1S/C23H40N2O3S/c1-2-3-4-5-6-7-8-9-10-11-12-13-14-23(26)25-20-19-21-15-17-22(18-16-21)29(24,27)28/h15-18H,2-14,19-20H2,1H3,(H,25,26)(H2,24,27,28). The summed E-state index contributed by atoms with van der Waals surface area (Å²) in [7, 11) is -3.65. The van der Waals surface area contributed by atoms with Crippen LogP contribution >= 0.6 is 0 Å². The van der Waals surface area contributed by atoms with Gasteiger partial charge in [0.1, 0.15) is 0 Å². The molecule has 29 heavy (non-hydrogen) atoms. The Morgan fingerprint density at radius 2 is 1.31 bits per heavy atom. The number of amides is 1. The molecule has 0 unspecified atom stereocenters. The third kappa shape index (κ3) is 13.4. The predicted octanol–water partition coefficient (Wildman–Crippen LogP) is 5.08. The fourth-order valence-electron chi connectivity index (χ4n) is 3.41. The molecular weight excluding hydrogens is 384 g/mol. The Balaban J connectivity index is 1.95. The molecule has 1 rings (SSSR count). The Kier molecular flexibility index (Phi) is 13.7. The van der Waals surface area contributed by atoms with E-state index in [9.17, 15) is 13.2 Å². The highest BCUT2D eigenvalue weighted by molar-refractivity contribution is 7.89. The average Bonchev–Trinajstić information content (AvgIpc) is 2.68. The van der Waals surface area contributed by atoms with E-state index < -0.39 is 10.0 Å². The number of nitrogens with two attached hydrogens (primary N) is 1. The number of rotatable bonds is 17. The lowest BCUT2D eigenvalue weighted by atomic mass is 10.0. The summed E-state index contributed by atoms with van der Waals surface area (Å²) in [5.41, 5.74) is 0.975. The topological polar surface area (TPSA) is 89.3 Å². The second-order valence-electron chi connectivity index (χ2n) is 7.93. The minimum Gasteiger partial charge on any atom is -0.356 e. The van der Waals surface area contributed by atoms with Crippen LogP contribution in [0.5, 0.6) is 0 Å². The Morgan fingerprint density at radius 3 is 1.79 bits per heavy atom. The van der Waals surface area contributed by atoms with E-state index in [1.807, 2.05) is 0 Å². The molecule has 0 aromatic heterocycles. The van der Waals surface area contributed by atoms with Gasteiger partial charge in [0.2, 0.25) is 15.9 Å². The molecule has 5 nitrogen and oxygen atoms in total. The molecule has 3 N–H and O–H groups in total. The van der Waals surface area contributed by atoms with Crippen molar-refractivity contribution in [3.63, 3.8) is 0 Å². The summed E-state index contributed by atoms with van der Waals surface area (Å²) in [5.74, 6) is 0.0956. The van der Waals surface area contributed by atoms with Gasteiger partial charge in [-0.1, -0.05) is 89.7 Å². The first-order valence-electron chi connectivity index (χ1n) is 11.3. The zero-order valence-electron chi connectivity index (χ0n) is 18.1. The summed E-state index contributed by atoms with van der Waals surface area (Å²) in [4.78, 5) is 12.0. The lowest BCUT2D eigenvalue weighted by Crippen LogP contribution is -2.25. The fourth-order valence-corrected chi connectivity index (χ4v) is 3.92. The second kappa shape index (κ2) is 15.4. The highest BCUT2D eigenvalue weighted by atomic mass is 32.2. The lowest BCUT2D eigenvalue weighted by molar-refractivity contribution is -0.121. The monoisotopic (exact) mass is 424 g/mol. The maximum absolute atomic E-state index is 11.9. The first kappa shape index (κ1) is 25.6. The van der Waals surface area contributed by atoms with Gasteiger partial charge in [0.25, 0.3) is 0 Å². The van der Waals surface area contributed by atoms with Crippen LogP contribution in [-0.2, 0) is 21.2 Å².